The molecule has 0 amide bonds. The van der Waals surface area contributed by atoms with Crippen LogP contribution < -0.4 is 9.47 Å². The van der Waals surface area contributed by atoms with Gasteiger partial charge in [0, 0.05) is 18.6 Å². The van der Waals surface area contributed by atoms with E-state index < -0.39 is 84.1 Å². The van der Waals surface area contributed by atoms with Crippen LogP contribution >= 0.6 is 0 Å². The van der Waals surface area contributed by atoms with Gasteiger partial charge >= 0.3 is 0 Å². The second-order valence-corrected chi connectivity index (χ2v) is 9.68. The van der Waals surface area contributed by atoms with Gasteiger partial charge in [0.25, 0.3) is 0 Å². The van der Waals surface area contributed by atoms with Crippen LogP contribution in [0.3, 0.4) is 0 Å². The summed E-state index contributed by atoms with van der Waals surface area (Å²) in [7, 11) is 1.39. The molecule has 0 spiro atoms. The summed E-state index contributed by atoms with van der Waals surface area (Å²) in [6.07, 6.45) is -7.00. The number of phenolic OH excluding ortho intramolecular Hbond substituents is 3. The molecule has 4 unspecified atom stereocenters. The summed E-state index contributed by atoms with van der Waals surface area (Å²) in [4.78, 5) is 12.7. The number of ketones is 1. The summed E-state index contributed by atoms with van der Waals surface area (Å²) < 4.78 is 27.0. The molecule has 0 saturated carbocycles. The van der Waals surface area contributed by atoms with Crippen LogP contribution in [0.25, 0.3) is 6.08 Å². The number of carbonyl (C=O) groups is 1. The fourth-order valence-electron chi connectivity index (χ4n) is 4.40. The Kier molecular flexibility index (Phi) is 9.46. The Hall–Kier alpha value is -4.05. The maximum Gasteiger partial charge on any atom is 0.202 e. The smallest absolute Gasteiger partial charge is 0.202 e. The molecule has 0 radical (unpaired) electrons. The van der Waals surface area contributed by atoms with Gasteiger partial charge in [-0.2, -0.15) is 0 Å². The lowest BCUT2D eigenvalue weighted by molar-refractivity contribution is -0.269. The number of aliphatic hydroxyl groups excluding tert-OH is 5. The summed E-state index contributed by atoms with van der Waals surface area (Å²) in [6, 6.07) is 6.57. The molecule has 4 rings (SSSR count). The molecular weight excluding hydrogens is 560 g/mol. The Labute approximate surface area is 239 Å². The lowest BCUT2D eigenvalue weighted by Gasteiger charge is -2.38. The van der Waals surface area contributed by atoms with Gasteiger partial charge in [0.05, 0.1) is 19.8 Å². The Balaban J connectivity index is 1.41. The normalized spacial score (nSPS) is 28.2. The van der Waals surface area contributed by atoms with Crippen LogP contribution in [0.15, 0.2) is 47.9 Å². The molecule has 8 N–H and O–H groups in total. The predicted molar refractivity (Wildman–Crippen MR) is 142 cm³/mol. The van der Waals surface area contributed by atoms with Gasteiger partial charge in [-0.1, -0.05) is 12.1 Å². The van der Waals surface area contributed by atoms with Gasteiger partial charge in [-0.25, -0.2) is 0 Å². The van der Waals surface area contributed by atoms with Crippen LogP contribution in [-0.4, -0.2) is 103 Å². The van der Waals surface area contributed by atoms with E-state index in [4.69, 9.17) is 23.7 Å². The van der Waals surface area contributed by atoms with Crippen LogP contribution in [0.2, 0.25) is 0 Å². The van der Waals surface area contributed by atoms with Crippen molar-refractivity contribution in [2.75, 3.05) is 13.7 Å². The number of hydrogen-bond donors (Lipinski definition) is 8. The second kappa shape index (κ2) is 12.9. The number of aromatic hydroxyl groups is 3. The number of allylic oxidation sites excluding steroid dienone is 1. The molecule has 1 fully saturated rings. The average Bonchev–Trinajstić information content (AvgIpc) is 2.94. The van der Waals surface area contributed by atoms with Gasteiger partial charge in [-0.05, 0) is 30.7 Å². The van der Waals surface area contributed by atoms with Gasteiger partial charge in [0.15, 0.2) is 41.2 Å². The van der Waals surface area contributed by atoms with Gasteiger partial charge in [-0.15, -0.1) is 0 Å². The highest BCUT2D eigenvalue weighted by atomic mass is 16.7. The maximum atomic E-state index is 12.7. The third-order valence-corrected chi connectivity index (χ3v) is 6.70. The Morgan fingerprint density at radius 3 is 2.31 bits per heavy atom. The minimum absolute atomic E-state index is 0.121. The topological polar surface area (TPSA) is 225 Å². The van der Waals surface area contributed by atoms with Crippen molar-refractivity contribution in [3.05, 3.63) is 59.1 Å². The Bertz CT molecular complexity index is 1330. The molecule has 0 aliphatic carbocycles. The summed E-state index contributed by atoms with van der Waals surface area (Å²) in [5, 5.41) is 81.1. The summed E-state index contributed by atoms with van der Waals surface area (Å²) >= 11 is 0. The number of aliphatic hydroxyl groups is 5. The van der Waals surface area contributed by atoms with E-state index >= 15 is 0 Å². The van der Waals surface area contributed by atoms with E-state index in [-0.39, 0.29) is 23.7 Å². The largest absolute Gasteiger partial charge is 0.507 e. The van der Waals surface area contributed by atoms with E-state index in [0.717, 1.165) is 18.2 Å². The molecule has 2 aromatic carbocycles. The minimum atomic E-state index is -1.70. The second-order valence-electron chi connectivity index (χ2n) is 9.68. The Morgan fingerprint density at radius 1 is 0.976 bits per heavy atom. The van der Waals surface area contributed by atoms with E-state index in [1.165, 1.54) is 32.2 Å². The van der Waals surface area contributed by atoms with Crippen molar-refractivity contribution < 1.29 is 69.3 Å². The first-order chi connectivity index (χ1) is 19.9. The van der Waals surface area contributed by atoms with Gasteiger partial charge in [-0.3, -0.25) is 4.79 Å². The van der Waals surface area contributed by atoms with Crippen LogP contribution in [0.5, 0.6) is 28.7 Å². The SMILES string of the molecule is COc1ccc(/C=C/C(=O)c2c(O)cc(O[C@H]3CC(O)[C@H](O)C(CO[C@@H]4OC(C)C(O)=C(O)C4O)O3)cc2O)cc1O. The summed E-state index contributed by atoms with van der Waals surface area (Å²) in [5.41, 5.74) is 0.0472. The third kappa shape index (κ3) is 6.70. The first-order valence-electron chi connectivity index (χ1n) is 12.8. The number of hydrogen-bond acceptors (Lipinski definition) is 14. The van der Waals surface area contributed by atoms with Crippen molar-refractivity contribution in [2.24, 2.45) is 0 Å². The first-order valence-corrected chi connectivity index (χ1v) is 12.8. The van der Waals surface area contributed by atoms with Gasteiger partial charge in [0.2, 0.25) is 6.29 Å². The van der Waals surface area contributed by atoms with Crippen molar-refractivity contribution in [3.63, 3.8) is 0 Å². The molecule has 14 nitrogen and oxygen atoms in total. The monoisotopic (exact) mass is 592 g/mol. The standard InChI is InChI=1S/C28H32O14/c1-12-24(34)26(36)27(37)28(40-12)39-11-21-25(35)19(33)10-22(42-21)41-14-8-17(31)23(18(32)9-14)15(29)5-3-13-4-6-20(38-2)16(30)7-13/h3-9,12,19,21-22,25,27-28,30-37H,10-11H2,1-2H3/b5-3+/t12?,19?,21?,22-,25+,27?,28-/m1/s1. The molecule has 0 aromatic heterocycles. The van der Waals surface area contributed by atoms with Crippen molar-refractivity contribution in [1.29, 1.82) is 0 Å². The quantitative estimate of drug-likeness (QED) is 0.152. The highest BCUT2D eigenvalue weighted by molar-refractivity contribution is 6.10. The van der Waals surface area contributed by atoms with E-state index in [9.17, 15) is 45.6 Å². The molecule has 42 heavy (non-hydrogen) atoms. The lowest BCUT2D eigenvalue weighted by atomic mass is 10.0. The first kappa shape index (κ1) is 30.9. The van der Waals surface area contributed by atoms with Crippen LogP contribution in [0.1, 0.15) is 29.3 Å². The zero-order chi connectivity index (χ0) is 30.7. The molecule has 1 saturated heterocycles. The molecule has 0 bridgehead atoms. The van der Waals surface area contributed by atoms with E-state index in [2.05, 4.69) is 0 Å². The van der Waals surface area contributed by atoms with E-state index in [1.54, 1.807) is 6.07 Å². The maximum absolute atomic E-state index is 12.7. The number of ether oxygens (including phenoxy) is 5. The van der Waals surface area contributed by atoms with Gasteiger partial charge in [0.1, 0.15) is 41.1 Å². The van der Waals surface area contributed by atoms with Crippen LogP contribution in [0, 0.1) is 0 Å². The Morgan fingerprint density at radius 2 is 1.67 bits per heavy atom. The lowest BCUT2D eigenvalue weighted by Crippen LogP contribution is -2.53. The average molecular weight is 593 g/mol. The predicted octanol–water partition coefficient (Wildman–Crippen LogP) is 1.37. The zero-order valence-corrected chi connectivity index (χ0v) is 22.5. The van der Waals surface area contributed by atoms with Crippen LogP contribution in [0.4, 0.5) is 0 Å². The molecule has 2 aliphatic rings. The molecule has 2 aliphatic heterocycles. The summed E-state index contributed by atoms with van der Waals surface area (Å²) in [6.45, 7) is 0.989. The molecule has 2 aromatic rings. The number of rotatable bonds is 9. The van der Waals surface area contributed by atoms with Crippen molar-refractivity contribution in [1.82, 2.24) is 0 Å². The molecule has 228 valence electrons. The fraction of sp³-hybridized carbons (Fsp3) is 0.393. The number of benzene rings is 2. The van der Waals surface area contributed by atoms with Gasteiger partial charge < -0.3 is 64.5 Å². The molecule has 14 heteroatoms. The van der Waals surface area contributed by atoms with Crippen molar-refractivity contribution >= 4 is 11.9 Å². The molecular formula is C28H32O14. The van der Waals surface area contributed by atoms with Crippen molar-refractivity contribution in [3.8, 4) is 28.7 Å². The number of methoxy groups -OCH3 is 1. The third-order valence-electron chi connectivity index (χ3n) is 6.70. The van der Waals surface area contributed by atoms with Crippen molar-refractivity contribution in [2.45, 2.75) is 56.4 Å². The van der Waals surface area contributed by atoms with Crippen LogP contribution in [-0.2, 0) is 14.2 Å². The zero-order valence-electron chi connectivity index (χ0n) is 22.5. The number of carbonyl (C=O) groups excluding carboxylic acids is 1. The highest BCUT2D eigenvalue weighted by Gasteiger charge is 2.41. The minimum Gasteiger partial charge on any atom is -0.507 e. The van der Waals surface area contributed by atoms with E-state index in [1.807, 2.05) is 0 Å². The van der Waals surface area contributed by atoms with E-state index in [0.29, 0.717) is 5.56 Å². The number of phenols is 3. The molecule has 7 atom stereocenters. The summed E-state index contributed by atoms with van der Waals surface area (Å²) in [5.74, 6) is -3.24. The molecule has 2 heterocycles. The fourth-order valence-corrected chi connectivity index (χ4v) is 4.40. The highest BCUT2D eigenvalue weighted by Crippen LogP contribution is 2.35.